The Morgan fingerprint density at radius 1 is 1.45 bits per heavy atom. The fourth-order valence-corrected chi connectivity index (χ4v) is 1.60. The van der Waals surface area contributed by atoms with Gasteiger partial charge in [-0.15, -0.1) is 0 Å². The van der Waals surface area contributed by atoms with Crippen LogP contribution in [0.25, 0.3) is 0 Å². The second-order valence-electron chi connectivity index (χ2n) is 5.33. The molecule has 2 rings (SSSR count). The molecule has 0 unspecified atom stereocenters. The highest BCUT2D eigenvalue weighted by atomic mass is 16.7. The summed E-state index contributed by atoms with van der Waals surface area (Å²) in [5.74, 6) is -1.55. The standard InChI is InChI=1S/C14H20BNO4/c1-6-18-12(17)10-7-11(9-16-8-10)15-19-13(2,3)14(4,5)20-15/h7-9H,6H2,1-5H3/i1D3,6D2,7D,8D,9D. The van der Waals surface area contributed by atoms with Gasteiger partial charge in [0, 0.05) is 21.9 Å². The molecule has 20 heavy (non-hydrogen) atoms. The minimum atomic E-state index is -3.34. The number of ether oxygens (including phenoxy) is 1. The second-order valence-corrected chi connectivity index (χ2v) is 5.33. The number of aromatic nitrogens is 1. The average Bonchev–Trinajstić information content (AvgIpc) is 2.63. The predicted octanol–water partition coefficient (Wildman–Crippen LogP) is 1.56. The number of carbonyl (C=O) groups is 1. The van der Waals surface area contributed by atoms with E-state index in [0.717, 1.165) is 0 Å². The normalized spacial score (nSPS) is 27.1. The Morgan fingerprint density at radius 2 is 2.10 bits per heavy atom. The van der Waals surface area contributed by atoms with Crippen molar-refractivity contribution in [2.75, 3.05) is 6.56 Å². The molecule has 0 radical (unpaired) electrons. The summed E-state index contributed by atoms with van der Waals surface area (Å²) in [5.41, 5.74) is -2.64. The highest BCUT2D eigenvalue weighted by Crippen LogP contribution is 2.36. The molecule has 0 atom stereocenters. The summed E-state index contributed by atoms with van der Waals surface area (Å²) in [6, 6.07) is -0.671. The van der Waals surface area contributed by atoms with Crippen molar-refractivity contribution >= 4 is 18.6 Å². The average molecular weight is 285 g/mol. The van der Waals surface area contributed by atoms with Crippen LogP contribution in [0.3, 0.4) is 0 Å². The molecule has 6 heteroatoms. The van der Waals surface area contributed by atoms with E-state index in [0.29, 0.717) is 0 Å². The Labute approximate surface area is 131 Å². The molecular formula is C14H20BNO4. The molecule has 1 aliphatic heterocycles. The number of carbonyl (C=O) groups excluding carboxylic acids is 1. The molecule has 0 saturated carbocycles. The second kappa shape index (κ2) is 5.18. The molecule has 2 heterocycles. The zero-order chi connectivity index (χ0) is 21.9. The van der Waals surface area contributed by atoms with Crippen LogP contribution in [-0.2, 0) is 14.0 Å². The third-order valence-corrected chi connectivity index (χ3v) is 3.44. The molecular weight excluding hydrogens is 257 g/mol. The van der Waals surface area contributed by atoms with Gasteiger partial charge >= 0.3 is 13.1 Å². The molecule has 0 N–H and O–H groups in total. The van der Waals surface area contributed by atoms with Crippen molar-refractivity contribution < 1.29 is 29.8 Å². The molecule has 0 amide bonds. The summed E-state index contributed by atoms with van der Waals surface area (Å²) < 4.78 is 76.0. The van der Waals surface area contributed by atoms with Gasteiger partial charge in [-0.05, 0) is 40.6 Å². The van der Waals surface area contributed by atoms with Crippen LogP contribution in [-0.4, -0.2) is 35.8 Å². The van der Waals surface area contributed by atoms with E-state index in [1.54, 1.807) is 27.7 Å². The van der Waals surface area contributed by atoms with Gasteiger partial charge in [-0.25, -0.2) is 4.79 Å². The van der Waals surface area contributed by atoms with E-state index in [1.165, 1.54) is 0 Å². The lowest BCUT2D eigenvalue weighted by Crippen LogP contribution is -2.41. The molecule has 1 aliphatic rings. The first kappa shape index (κ1) is 7.57. The number of pyridine rings is 1. The van der Waals surface area contributed by atoms with Gasteiger partial charge in [0.1, 0.15) is 0 Å². The maximum absolute atomic E-state index is 12.3. The van der Waals surface area contributed by atoms with Gasteiger partial charge in [0.25, 0.3) is 0 Å². The summed E-state index contributed by atoms with van der Waals surface area (Å²) in [6.45, 7) is 0.357. The van der Waals surface area contributed by atoms with Crippen LogP contribution in [0.2, 0.25) is 0 Å². The minimum absolute atomic E-state index is 0.240. The van der Waals surface area contributed by atoms with E-state index in [4.69, 9.17) is 20.3 Å². The smallest absolute Gasteiger partial charge is 0.462 e. The lowest BCUT2D eigenvalue weighted by atomic mass is 9.80. The van der Waals surface area contributed by atoms with Gasteiger partial charge in [0.05, 0.1) is 30.2 Å². The Bertz CT molecular complexity index is 796. The van der Waals surface area contributed by atoms with Gasteiger partial charge in [-0.3, -0.25) is 4.98 Å². The summed E-state index contributed by atoms with van der Waals surface area (Å²) in [7, 11) is -1.23. The highest BCUT2D eigenvalue weighted by Gasteiger charge is 2.51. The fraction of sp³-hybridized carbons (Fsp3) is 0.571. The first-order chi connectivity index (χ1) is 12.4. The number of esters is 1. The first-order valence-corrected chi connectivity index (χ1v) is 5.98. The van der Waals surface area contributed by atoms with Crippen LogP contribution in [0, 0.1) is 0 Å². The van der Waals surface area contributed by atoms with E-state index in [-0.39, 0.29) is 5.46 Å². The van der Waals surface area contributed by atoms with Crippen molar-refractivity contribution in [1.82, 2.24) is 4.98 Å². The molecule has 1 fully saturated rings. The van der Waals surface area contributed by atoms with E-state index in [2.05, 4.69) is 9.72 Å². The summed E-state index contributed by atoms with van der Waals surface area (Å²) in [5, 5.41) is 0. The Hall–Kier alpha value is -1.40. The number of hydrogen-bond donors (Lipinski definition) is 0. The minimum Gasteiger partial charge on any atom is -0.462 e. The van der Waals surface area contributed by atoms with Crippen molar-refractivity contribution in [3.05, 3.63) is 24.0 Å². The van der Waals surface area contributed by atoms with Crippen molar-refractivity contribution in [2.24, 2.45) is 0 Å². The number of hydrogen-bond acceptors (Lipinski definition) is 5. The third kappa shape index (κ3) is 2.71. The monoisotopic (exact) mass is 285 g/mol. The van der Waals surface area contributed by atoms with Gasteiger partial charge in [-0.2, -0.15) is 0 Å². The first-order valence-electron chi connectivity index (χ1n) is 9.98. The van der Waals surface area contributed by atoms with Crippen molar-refractivity contribution in [2.45, 2.75) is 45.7 Å². The van der Waals surface area contributed by atoms with Gasteiger partial charge in [0.2, 0.25) is 0 Å². The van der Waals surface area contributed by atoms with Crippen LogP contribution in [0.4, 0.5) is 0 Å². The summed E-state index contributed by atoms with van der Waals surface area (Å²) >= 11 is 0. The predicted molar refractivity (Wildman–Crippen MR) is 75.9 cm³/mol. The molecule has 1 saturated heterocycles. The zero-order valence-electron chi connectivity index (χ0n) is 19.7. The lowest BCUT2D eigenvalue weighted by molar-refractivity contribution is 0.00578. The van der Waals surface area contributed by atoms with Crippen LogP contribution in [0.1, 0.15) is 55.9 Å². The molecule has 0 bridgehead atoms. The SMILES string of the molecule is [2H]c1nc([2H])c(C(=O)OC([2H])([2H])C([2H])([2H])[2H])c([2H])c1B1OC(C)(C)C(C)(C)O1. The van der Waals surface area contributed by atoms with Crippen molar-refractivity contribution in [1.29, 1.82) is 0 Å². The van der Waals surface area contributed by atoms with Gasteiger partial charge in [-0.1, -0.05) is 0 Å². The Kier molecular flexibility index (Phi) is 1.96. The maximum atomic E-state index is 12.3. The molecule has 108 valence electrons. The Morgan fingerprint density at radius 3 is 2.70 bits per heavy atom. The molecule has 0 aliphatic carbocycles. The van der Waals surface area contributed by atoms with E-state index >= 15 is 0 Å². The van der Waals surface area contributed by atoms with Crippen LogP contribution in [0.15, 0.2) is 18.4 Å². The van der Waals surface area contributed by atoms with E-state index < -0.39 is 61.7 Å². The zero-order valence-corrected chi connectivity index (χ0v) is 11.7. The summed E-state index contributed by atoms with van der Waals surface area (Å²) in [6.07, 6.45) is -1.34. The fourth-order valence-electron chi connectivity index (χ4n) is 1.60. The molecule has 5 nitrogen and oxygen atoms in total. The summed E-state index contributed by atoms with van der Waals surface area (Å²) in [4.78, 5) is 15.9. The number of nitrogens with zero attached hydrogens (tertiary/aromatic N) is 1. The third-order valence-electron chi connectivity index (χ3n) is 3.44. The Balaban J connectivity index is 2.50. The molecule has 0 spiro atoms. The molecule has 1 aromatic heterocycles. The topological polar surface area (TPSA) is 57.7 Å². The van der Waals surface area contributed by atoms with Gasteiger partial charge < -0.3 is 14.0 Å². The van der Waals surface area contributed by atoms with Gasteiger partial charge in [0.15, 0.2) is 0 Å². The van der Waals surface area contributed by atoms with E-state index in [9.17, 15) is 4.79 Å². The molecule has 0 aromatic carbocycles. The van der Waals surface area contributed by atoms with Crippen molar-refractivity contribution in [3.8, 4) is 0 Å². The van der Waals surface area contributed by atoms with Crippen molar-refractivity contribution in [3.63, 3.8) is 0 Å². The largest absolute Gasteiger partial charge is 0.496 e. The quantitative estimate of drug-likeness (QED) is 0.623. The van der Waals surface area contributed by atoms with Crippen LogP contribution < -0.4 is 5.46 Å². The number of rotatable bonds is 3. The van der Waals surface area contributed by atoms with Crippen LogP contribution >= 0.6 is 0 Å². The maximum Gasteiger partial charge on any atom is 0.496 e. The van der Waals surface area contributed by atoms with Crippen LogP contribution in [0.5, 0.6) is 0 Å². The highest BCUT2D eigenvalue weighted by molar-refractivity contribution is 6.62. The van der Waals surface area contributed by atoms with E-state index in [1.807, 2.05) is 0 Å². The lowest BCUT2D eigenvalue weighted by Gasteiger charge is -2.32. The molecule has 1 aromatic rings.